The second kappa shape index (κ2) is 10.2. The number of nitrogens with zero attached hydrogens (tertiary/aromatic N) is 3. The third kappa shape index (κ3) is 5.09. The molecule has 3 fully saturated rings. The van der Waals surface area contributed by atoms with Gasteiger partial charge in [0.2, 0.25) is 5.91 Å². The van der Waals surface area contributed by atoms with Gasteiger partial charge in [0.25, 0.3) is 5.91 Å². The maximum Gasteiger partial charge on any atom is 0.416 e. The highest BCUT2D eigenvalue weighted by molar-refractivity contribution is 5.96. The molecule has 2 aromatic rings. The van der Waals surface area contributed by atoms with E-state index >= 15 is 0 Å². The number of carbonyl (C=O) groups excluding carboxylic acids is 2. The Morgan fingerprint density at radius 2 is 1.78 bits per heavy atom. The lowest BCUT2D eigenvalue weighted by atomic mass is 9.77. The van der Waals surface area contributed by atoms with Crippen LogP contribution in [0.4, 0.5) is 13.2 Å². The minimum Gasteiger partial charge on any atom is -0.343 e. The Morgan fingerprint density at radius 1 is 1.03 bits per heavy atom. The van der Waals surface area contributed by atoms with Crippen molar-refractivity contribution in [3.05, 3.63) is 59.7 Å². The smallest absolute Gasteiger partial charge is 0.343 e. The Hall–Kier alpha value is -3.01. The van der Waals surface area contributed by atoms with Gasteiger partial charge >= 0.3 is 6.18 Å². The summed E-state index contributed by atoms with van der Waals surface area (Å²) in [6.45, 7) is 0.614. The van der Waals surface area contributed by atoms with Crippen LogP contribution in [0.25, 0.3) is 0 Å². The molecule has 10 heteroatoms. The van der Waals surface area contributed by atoms with Crippen LogP contribution in [0.2, 0.25) is 0 Å². The summed E-state index contributed by atoms with van der Waals surface area (Å²) in [6, 6.07) is 6.47. The van der Waals surface area contributed by atoms with Crippen LogP contribution in [0.5, 0.6) is 0 Å². The van der Waals surface area contributed by atoms with Gasteiger partial charge < -0.3 is 15.5 Å². The van der Waals surface area contributed by atoms with Crippen LogP contribution < -0.4 is 10.6 Å². The van der Waals surface area contributed by atoms with E-state index in [2.05, 4.69) is 20.6 Å². The van der Waals surface area contributed by atoms with E-state index < -0.39 is 17.6 Å². The zero-order chi connectivity index (χ0) is 25.3. The molecule has 3 atom stereocenters. The molecule has 0 spiro atoms. The highest BCUT2D eigenvalue weighted by Crippen LogP contribution is 2.42. The van der Waals surface area contributed by atoms with Gasteiger partial charge in [0.05, 0.1) is 12.1 Å². The first-order valence-electron chi connectivity index (χ1n) is 12.6. The molecule has 5 rings (SSSR count). The van der Waals surface area contributed by atoms with Gasteiger partial charge in [0.15, 0.2) is 0 Å². The number of alkyl halides is 3. The number of aromatic nitrogens is 2. The number of nitrogens with one attached hydrogen (secondary N) is 2. The Bertz CT molecular complexity index is 1090. The van der Waals surface area contributed by atoms with Gasteiger partial charge in [0.1, 0.15) is 5.82 Å². The quantitative estimate of drug-likeness (QED) is 0.655. The topological polar surface area (TPSA) is 87.2 Å². The Labute approximate surface area is 207 Å². The van der Waals surface area contributed by atoms with Crippen molar-refractivity contribution in [3.8, 4) is 0 Å². The summed E-state index contributed by atoms with van der Waals surface area (Å²) >= 11 is 0. The normalized spacial score (nSPS) is 28.1. The van der Waals surface area contributed by atoms with E-state index in [1.54, 1.807) is 12.4 Å². The predicted molar refractivity (Wildman–Crippen MR) is 126 cm³/mol. The number of fused-ring (bicyclic) bond motifs is 1. The average molecular weight is 502 g/mol. The highest BCUT2D eigenvalue weighted by atomic mass is 19.4. The monoisotopic (exact) mass is 501 g/mol. The van der Waals surface area contributed by atoms with Crippen LogP contribution in [-0.2, 0) is 11.0 Å². The summed E-state index contributed by atoms with van der Waals surface area (Å²) in [5.74, 6) is 0.712. The van der Waals surface area contributed by atoms with E-state index in [1.165, 1.54) is 12.1 Å². The fourth-order valence-electron chi connectivity index (χ4n) is 6.21. The fourth-order valence-corrected chi connectivity index (χ4v) is 6.21. The molecule has 2 amide bonds. The van der Waals surface area contributed by atoms with Crippen molar-refractivity contribution in [2.24, 2.45) is 5.92 Å². The largest absolute Gasteiger partial charge is 0.416 e. The minimum atomic E-state index is -4.54. The van der Waals surface area contributed by atoms with Crippen LogP contribution in [0.3, 0.4) is 0 Å². The Balaban J connectivity index is 1.23. The summed E-state index contributed by atoms with van der Waals surface area (Å²) in [5, 5.41) is 6.06. The van der Waals surface area contributed by atoms with Crippen molar-refractivity contribution in [3.63, 3.8) is 0 Å². The van der Waals surface area contributed by atoms with Gasteiger partial charge in [-0.05, 0) is 75.3 Å². The van der Waals surface area contributed by atoms with Crippen LogP contribution >= 0.6 is 0 Å². The maximum absolute atomic E-state index is 13.4. The first-order chi connectivity index (χ1) is 17.3. The molecular formula is C26H30F3N5O2. The van der Waals surface area contributed by atoms with Crippen molar-refractivity contribution in [2.75, 3.05) is 13.1 Å². The summed E-state index contributed by atoms with van der Waals surface area (Å²) in [4.78, 5) is 36.7. The van der Waals surface area contributed by atoms with E-state index in [0.29, 0.717) is 11.8 Å². The molecule has 1 saturated carbocycles. The number of halogens is 3. The molecule has 2 aliphatic heterocycles. The van der Waals surface area contributed by atoms with E-state index in [0.717, 1.165) is 63.0 Å². The third-order valence-electron chi connectivity index (χ3n) is 7.93. The van der Waals surface area contributed by atoms with Crippen LogP contribution in [0.1, 0.15) is 66.2 Å². The average Bonchev–Trinajstić information content (AvgIpc) is 3.49. The lowest BCUT2D eigenvalue weighted by Gasteiger charge is -2.38. The molecule has 2 N–H and O–H groups in total. The Kier molecular flexibility index (Phi) is 6.96. The number of likely N-dealkylation sites (tertiary alicyclic amines) is 1. The van der Waals surface area contributed by atoms with Crippen molar-refractivity contribution >= 4 is 11.8 Å². The van der Waals surface area contributed by atoms with Crippen LogP contribution in [-0.4, -0.2) is 57.9 Å². The zero-order valence-corrected chi connectivity index (χ0v) is 19.9. The number of carbonyl (C=O) groups is 2. The SMILES string of the molecule is O=C(NCC(=O)N1[C@@H](C2CCC(c3ncccn3)CC2)C[C@H]2NCC[C@H]21)c1cccc(C(F)(F)F)c1. The van der Waals surface area contributed by atoms with E-state index in [9.17, 15) is 22.8 Å². The predicted octanol–water partition coefficient (Wildman–Crippen LogP) is 3.53. The second-order valence-corrected chi connectivity index (χ2v) is 10.0. The first-order valence-corrected chi connectivity index (χ1v) is 12.6. The summed E-state index contributed by atoms with van der Waals surface area (Å²) in [5.41, 5.74) is -1.00. The number of benzene rings is 1. The summed E-state index contributed by atoms with van der Waals surface area (Å²) in [7, 11) is 0. The van der Waals surface area contributed by atoms with Gasteiger partial charge in [-0.25, -0.2) is 9.97 Å². The van der Waals surface area contributed by atoms with Crippen molar-refractivity contribution in [1.82, 2.24) is 25.5 Å². The van der Waals surface area contributed by atoms with Gasteiger partial charge in [-0.15, -0.1) is 0 Å². The highest BCUT2D eigenvalue weighted by Gasteiger charge is 2.48. The molecule has 0 bridgehead atoms. The second-order valence-electron chi connectivity index (χ2n) is 10.0. The molecule has 1 aliphatic carbocycles. The number of amides is 2. The number of hydrogen-bond acceptors (Lipinski definition) is 5. The molecule has 3 aliphatic rings. The van der Waals surface area contributed by atoms with E-state index in [-0.39, 0.29) is 36.1 Å². The molecular weight excluding hydrogens is 471 g/mol. The number of hydrogen-bond donors (Lipinski definition) is 2. The molecule has 1 aromatic heterocycles. The van der Waals surface area contributed by atoms with Crippen molar-refractivity contribution in [2.45, 2.75) is 68.7 Å². The molecule has 0 radical (unpaired) electrons. The van der Waals surface area contributed by atoms with E-state index in [1.807, 2.05) is 11.0 Å². The molecule has 1 aromatic carbocycles. The fraction of sp³-hybridized carbons (Fsp3) is 0.538. The van der Waals surface area contributed by atoms with E-state index in [4.69, 9.17) is 0 Å². The third-order valence-corrected chi connectivity index (χ3v) is 7.93. The van der Waals surface area contributed by atoms with Crippen LogP contribution in [0, 0.1) is 5.92 Å². The lowest BCUT2D eigenvalue weighted by Crippen LogP contribution is -2.49. The molecule has 192 valence electrons. The first kappa shape index (κ1) is 24.7. The summed E-state index contributed by atoms with van der Waals surface area (Å²) < 4.78 is 39.0. The standard InChI is InChI=1S/C26H30F3N5O2/c27-26(28,29)19-4-1-3-18(13-19)25(36)33-15-23(35)34-21-9-12-30-20(21)14-22(34)16-5-7-17(8-6-16)24-31-10-2-11-32-24/h1-4,10-11,13,16-17,20-22,30H,5-9,12,14-15H2,(H,33,36)/t16?,17?,20-,21-,22-/m1/s1. The maximum atomic E-state index is 13.4. The molecule has 0 unspecified atom stereocenters. The molecule has 7 nitrogen and oxygen atoms in total. The number of rotatable bonds is 5. The Morgan fingerprint density at radius 3 is 2.50 bits per heavy atom. The van der Waals surface area contributed by atoms with Gasteiger partial charge in [0, 0.05) is 42.0 Å². The van der Waals surface area contributed by atoms with Crippen LogP contribution in [0.15, 0.2) is 42.7 Å². The van der Waals surface area contributed by atoms with Crippen molar-refractivity contribution in [1.29, 1.82) is 0 Å². The molecule has 3 heterocycles. The molecule has 36 heavy (non-hydrogen) atoms. The summed E-state index contributed by atoms with van der Waals surface area (Å²) in [6.07, 6.45) is 4.66. The van der Waals surface area contributed by atoms with Crippen molar-refractivity contribution < 1.29 is 22.8 Å². The zero-order valence-electron chi connectivity index (χ0n) is 19.9. The molecule has 2 saturated heterocycles. The lowest BCUT2D eigenvalue weighted by molar-refractivity contribution is -0.137. The minimum absolute atomic E-state index is 0.0862. The van der Waals surface area contributed by atoms with Gasteiger partial charge in [-0.3, -0.25) is 9.59 Å². The van der Waals surface area contributed by atoms with Gasteiger partial charge in [-0.1, -0.05) is 6.07 Å². The van der Waals surface area contributed by atoms with Gasteiger partial charge in [-0.2, -0.15) is 13.2 Å².